The normalized spacial score (nSPS) is 13.9. The minimum atomic E-state index is -3.49. The first kappa shape index (κ1) is 10.9. The number of aryl methyl sites for hydroxylation is 1. The van der Waals surface area contributed by atoms with Gasteiger partial charge in [-0.3, -0.25) is 0 Å². The molecule has 5 nitrogen and oxygen atoms in total. The van der Waals surface area contributed by atoms with Gasteiger partial charge in [0.05, 0.1) is 6.20 Å². The molecule has 0 aromatic carbocycles. The molecule has 0 saturated carbocycles. The number of nitrogens with one attached hydrogen (secondary N) is 2. The second-order valence-electron chi connectivity index (χ2n) is 2.98. The Hall–Kier alpha value is -1.14. The third-order valence-electron chi connectivity index (χ3n) is 1.66. The summed E-state index contributed by atoms with van der Waals surface area (Å²) < 4.78 is 25.6. The zero-order valence-corrected chi connectivity index (χ0v) is 8.93. The third kappa shape index (κ3) is 2.43. The minimum absolute atomic E-state index is 0.0729. The van der Waals surface area contributed by atoms with Gasteiger partial charge >= 0.3 is 0 Å². The molecule has 1 unspecified atom stereocenters. The predicted molar refractivity (Wildman–Crippen MR) is 53.3 cm³/mol. The Morgan fingerprint density at radius 2 is 2.36 bits per heavy atom. The molecule has 0 spiro atoms. The van der Waals surface area contributed by atoms with Gasteiger partial charge in [-0.15, -0.1) is 6.58 Å². The van der Waals surface area contributed by atoms with E-state index < -0.39 is 10.0 Å². The van der Waals surface area contributed by atoms with E-state index in [-0.39, 0.29) is 11.1 Å². The first-order chi connectivity index (χ1) is 6.45. The molecule has 1 aromatic rings. The zero-order valence-electron chi connectivity index (χ0n) is 8.11. The van der Waals surface area contributed by atoms with Crippen molar-refractivity contribution in [2.24, 2.45) is 0 Å². The molecular weight excluding hydrogens is 202 g/mol. The van der Waals surface area contributed by atoms with E-state index in [9.17, 15) is 8.42 Å². The van der Waals surface area contributed by atoms with Crippen molar-refractivity contribution in [3.8, 4) is 0 Å². The van der Waals surface area contributed by atoms with E-state index in [4.69, 9.17) is 0 Å². The summed E-state index contributed by atoms with van der Waals surface area (Å²) in [5.74, 6) is 0.566. The van der Waals surface area contributed by atoms with Crippen LogP contribution in [0.25, 0.3) is 0 Å². The van der Waals surface area contributed by atoms with Gasteiger partial charge in [0.15, 0.2) is 5.03 Å². The molecule has 1 aromatic heterocycles. The van der Waals surface area contributed by atoms with E-state index in [0.29, 0.717) is 5.82 Å². The molecular formula is C8H13N3O2S. The molecule has 1 atom stereocenters. The highest BCUT2D eigenvalue weighted by molar-refractivity contribution is 7.89. The Kier molecular flexibility index (Phi) is 3.07. The molecule has 0 saturated heterocycles. The average Bonchev–Trinajstić information content (AvgIpc) is 2.51. The Labute approximate surface area is 83.3 Å². The highest BCUT2D eigenvalue weighted by Crippen LogP contribution is 2.05. The van der Waals surface area contributed by atoms with Crippen molar-refractivity contribution in [1.29, 1.82) is 0 Å². The fraction of sp³-hybridized carbons (Fsp3) is 0.375. The van der Waals surface area contributed by atoms with E-state index in [2.05, 4.69) is 21.3 Å². The molecule has 1 heterocycles. The van der Waals surface area contributed by atoms with Crippen LogP contribution in [0.15, 0.2) is 23.9 Å². The molecule has 1 rings (SSSR count). The number of sulfonamides is 1. The maximum Gasteiger partial charge on any atom is 0.258 e. The van der Waals surface area contributed by atoms with Gasteiger partial charge in [0.25, 0.3) is 10.0 Å². The van der Waals surface area contributed by atoms with Crippen LogP contribution in [0.2, 0.25) is 0 Å². The molecule has 2 N–H and O–H groups in total. The lowest BCUT2D eigenvalue weighted by Crippen LogP contribution is -2.31. The van der Waals surface area contributed by atoms with Crippen LogP contribution in [0.1, 0.15) is 12.7 Å². The SMILES string of the molecule is C=CC(C)NS(=O)(=O)c1cnc(C)[nH]1. The van der Waals surface area contributed by atoms with Crippen LogP contribution < -0.4 is 4.72 Å². The smallest absolute Gasteiger partial charge is 0.258 e. The number of nitrogens with zero attached hydrogens (tertiary/aromatic N) is 1. The molecule has 0 bridgehead atoms. The van der Waals surface area contributed by atoms with Gasteiger partial charge in [-0.05, 0) is 13.8 Å². The van der Waals surface area contributed by atoms with Crippen LogP contribution in [0, 0.1) is 6.92 Å². The summed E-state index contributed by atoms with van der Waals surface area (Å²) in [7, 11) is -3.49. The second kappa shape index (κ2) is 3.93. The number of imidazole rings is 1. The highest BCUT2D eigenvalue weighted by Gasteiger charge is 2.17. The van der Waals surface area contributed by atoms with Crippen LogP contribution in [-0.4, -0.2) is 24.4 Å². The van der Waals surface area contributed by atoms with Crippen LogP contribution in [0.4, 0.5) is 0 Å². The summed E-state index contributed by atoms with van der Waals surface area (Å²) in [6.45, 7) is 6.88. The number of hydrogen-bond donors (Lipinski definition) is 2. The van der Waals surface area contributed by atoms with E-state index in [1.165, 1.54) is 12.3 Å². The van der Waals surface area contributed by atoms with Crippen molar-refractivity contribution in [2.75, 3.05) is 0 Å². The molecule has 0 aliphatic rings. The van der Waals surface area contributed by atoms with Gasteiger partial charge in [-0.2, -0.15) is 0 Å². The van der Waals surface area contributed by atoms with Crippen molar-refractivity contribution >= 4 is 10.0 Å². The van der Waals surface area contributed by atoms with Crippen molar-refractivity contribution in [3.05, 3.63) is 24.7 Å². The summed E-state index contributed by atoms with van der Waals surface area (Å²) in [5.41, 5.74) is 0. The summed E-state index contributed by atoms with van der Waals surface area (Å²) in [6.07, 6.45) is 2.80. The van der Waals surface area contributed by atoms with Gasteiger partial charge in [0.2, 0.25) is 0 Å². The van der Waals surface area contributed by atoms with Crippen LogP contribution in [-0.2, 0) is 10.0 Å². The van der Waals surface area contributed by atoms with Gasteiger partial charge in [0.1, 0.15) is 5.82 Å². The highest BCUT2D eigenvalue weighted by atomic mass is 32.2. The summed E-state index contributed by atoms with van der Waals surface area (Å²) in [5, 5.41) is 0.0729. The Bertz CT molecular complexity index is 422. The minimum Gasteiger partial charge on any atom is -0.332 e. The molecule has 6 heteroatoms. The second-order valence-corrected chi connectivity index (χ2v) is 4.66. The molecule has 0 aliphatic carbocycles. The quantitative estimate of drug-likeness (QED) is 0.721. The number of aromatic amines is 1. The lowest BCUT2D eigenvalue weighted by atomic mass is 10.4. The Morgan fingerprint density at radius 1 is 1.71 bits per heavy atom. The van der Waals surface area contributed by atoms with Gasteiger partial charge in [-0.25, -0.2) is 18.1 Å². The molecule has 0 radical (unpaired) electrons. The fourth-order valence-electron chi connectivity index (χ4n) is 0.891. The lowest BCUT2D eigenvalue weighted by Gasteiger charge is -2.07. The molecule has 78 valence electrons. The van der Waals surface area contributed by atoms with Gasteiger partial charge in [0, 0.05) is 6.04 Å². The largest absolute Gasteiger partial charge is 0.332 e. The topological polar surface area (TPSA) is 74.8 Å². The Balaban J connectivity index is 2.91. The van der Waals surface area contributed by atoms with E-state index in [1.54, 1.807) is 13.8 Å². The standard InChI is InChI=1S/C8H13N3O2S/c1-4-6(2)11-14(12,13)8-5-9-7(3)10-8/h4-6,11H,1H2,2-3H3,(H,9,10). The van der Waals surface area contributed by atoms with E-state index in [0.717, 1.165) is 0 Å². The van der Waals surface area contributed by atoms with E-state index in [1.807, 2.05) is 0 Å². The van der Waals surface area contributed by atoms with Crippen LogP contribution >= 0.6 is 0 Å². The third-order valence-corrected chi connectivity index (χ3v) is 3.13. The van der Waals surface area contributed by atoms with Crippen molar-refractivity contribution in [1.82, 2.24) is 14.7 Å². The Morgan fingerprint density at radius 3 is 2.79 bits per heavy atom. The number of hydrogen-bond acceptors (Lipinski definition) is 3. The number of aromatic nitrogens is 2. The number of H-pyrrole nitrogens is 1. The monoisotopic (exact) mass is 215 g/mol. The fourth-order valence-corrected chi connectivity index (χ4v) is 2.08. The van der Waals surface area contributed by atoms with Crippen molar-refractivity contribution < 1.29 is 8.42 Å². The van der Waals surface area contributed by atoms with E-state index >= 15 is 0 Å². The van der Waals surface area contributed by atoms with Crippen molar-refractivity contribution in [3.63, 3.8) is 0 Å². The summed E-state index contributed by atoms with van der Waals surface area (Å²) in [6, 6.07) is -0.302. The van der Waals surface area contributed by atoms with Gasteiger partial charge < -0.3 is 4.98 Å². The van der Waals surface area contributed by atoms with Gasteiger partial charge in [-0.1, -0.05) is 6.08 Å². The summed E-state index contributed by atoms with van der Waals surface area (Å²) in [4.78, 5) is 6.47. The lowest BCUT2D eigenvalue weighted by molar-refractivity contribution is 0.573. The first-order valence-electron chi connectivity index (χ1n) is 4.12. The zero-order chi connectivity index (χ0) is 10.8. The molecule has 0 amide bonds. The van der Waals surface area contributed by atoms with Crippen LogP contribution in [0.3, 0.4) is 0 Å². The maximum absolute atomic E-state index is 11.6. The number of rotatable bonds is 4. The molecule has 0 fully saturated rings. The summed E-state index contributed by atoms with van der Waals surface area (Å²) >= 11 is 0. The van der Waals surface area contributed by atoms with Crippen molar-refractivity contribution in [2.45, 2.75) is 24.9 Å². The molecule has 14 heavy (non-hydrogen) atoms. The predicted octanol–water partition coefficient (Wildman–Crippen LogP) is 0.571. The average molecular weight is 215 g/mol. The van der Waals surface area contributed by atoms with Crippen LogP contribution in [0.5, 0.6) is 0 Å². The molecule has 0 aliphatic heterocycles. The first-order valence-corrected chi connectivity index (χ1v) is 5.60. The maximum atomic E-state index is 11.6.